The quantitative estimate of drug-likeness (QED) is 0.617. The average Bonchev–Trinajstić information content (AvgIpc) is 3.10. The third kappa shape index (κ3) is 5.02. The number of benzene rings is 1. The highest BCUT2D eigenvalue weighted by atomic mass is 32.2. The number of hydrogen-bond donors (Lipinski definition) is 1. The van der Waals surface area contributed by atoms with Crippen LogP contribution in [0.1, 0.15) is 38.7 Å². The molecular formula is C20H28N4O6S2. The number of carbonyl (C=O) groups excluding carboxylic acids is 2. The average molecular weight is 485 g/mol. The van der Waals surface area contributed by atoms with E-state index < -0.39 is 31.8 Å². The van der Waals surface area contributed by atoms with Gasteiger partial charge in [0.1, 0.15) is 5.71 Å². The third-order valence-electron chi connectivity index (χ3n) is 5.68. The van der Waals surface area contributed by atoms with Gasteiger partial charge in [-0.3, -0.25) is 9.59 Å². The number of rotatable bonds is 7. The number of carbonyl (C=O) groups is 2. The Morgan fingerprint density at radius 3 is 2.53 bits per heavy atom. The van der Waals surface area contributed by atoms with Gasteiger partial charge in [-0.25, -0.2) is 21.8 Å². The van der Waals surface area contributed by atoms with Crippen LogP contribution >= 0.6 is 0 Å². The summed E-state index contributed by atoms with van der Waals surface area (Å²) in [5.41, 5.74) is 1.10. The molecule has 1 aromatic rings. The lowest BCUT2D eigenvalue weighted by Crippen LogP contribution is -2.42. The normalized spacial score (nSPS) is 21.0. The van der Waals surface area contributed by atoms with Crippen LogP contribution in [0.5, 0.6) is 0 Å². The molecule has 1 fully saturated rings. The Bertz CT molecular complexity index is 1160. The van der Waals surface area contributed by atoms with Crippen molar-refractivity contribution in [2.24, 2.45) is 5.10 Å². The van der Waals surface area contributed by atoms with E-state index in [0.29, 0.717) is 24.3 Å². The fraction of sp³-hybridized carbons (Fsp3) is 0.550. The molecule has 176 valence electrons. The van der Waals surface area contributed by atoms with E-state index in [4.69, 9.17) is 0 Å². The first-order valence-corrected chi connectivity index (χ1v) is 13.8. The van der Waals surface area contributed by atoms with Gasteiger partial charge in [0.05, 0.1) is 22.4 Å². The van der Waals surface area contributed by atoms with Crippen molar-refractivity contribution in [3.05, 3.63) is 23.8 Å². The van der Waals surface area contributed by atoms with Gasteiger partial charge in [-0.2, -0.15) is 9.41 Å². The van der Waals surface area contributed by atoms with Gasteiger partial charge in [0, 0.05) is 31.6 Å². The molecule has 2 heterocycles. The smallest absolute Gasteiger partial charge is 0.271 e. The molecule has 0 saturated carbocycles. The molecule has 0 radical (unpaired) electrons. The van der Waals surface area contributed by atoms with Crippen LogP contribution in [0.15, 0.2) is 28.2 Å². The van der Waals surface area contributed by atoms with Crippen molar-refractivity contribution < 1.29 is 26.4 Å². The largest absolute Gasteiger partial charge is 0.321 e. The SMILES string of the molecule is CCN(CC)S(=O)(=O)c1ccc(C)c(NC(=O)C2=NN([C@H]3CCS(=O)(=O)C3)C(=O)CC2)c1. The Kier molecular flexibility index (Phi) is 7.06. The third-order valence-corrected chi connectivity index (χ3v) is 9.47. The van der Waals surface area contributed by atoms with Gasteiger partial charge in [0.25, 0.3) is 5.91 Å². The van der Waals surface area contributed by atoms with Crippen LogP contribution in [0.3, 0.4) is 0 Å². The van der Waals surface area contributed by atoms with E-state index in [2.05, 4.69) is 10.4 Å². The summed E-state index contributed by atoms with van der Waals surface area (Å²) in [4.78, 5) is 25.2. The Labute approximate surface area is 188 Å². The maximum absolute atomic E-state index is 12.9. The van der Waals surface area contributed by atoms with Gasteiger partial charge in [-0.1, -0.05) is 19.9 Å². The summed E-state index contributed by atoms with van der Waals surface area (Å²) < 4.78 is 50.5. The first-order valence-electron chi connectivity index (χ1n) is 10.5. The van der Waals surface area contributed by atoms with Gasteiger partial charge >= 0.3 is 0 Å². The molecule has 0 aliphatic carbocycles. The van der Waals surface area contributed by atoms with Crippen molar-refractivity contribution >= 4 is 43.1 Å². The predicted molar refractivity (Wildman–Crippen MR) is 120 cm³/mol. The molecule has 1 aromatic carbocycles. The van der Waals surface area contributed by atoms with Gasteiger partial charge in [0.2, 0.25) is 15.9 Å². The first kappa shape index (κ1) is 24.3. The minimum absolute atomic E-state index is 0.00844. The Balaban J connectivity index is 1.84. The molecule has 10 nitrogen and oxygen atoms in total. The van der Waals surface area contributed by atoms with E-state index in [1.54, 1.807) is 26.8 Å². The molecule has 0 unspecified atom stereocenters. The first-order chi connectivity index (χ1) is 15.0. The number of anilines is 1. The van der Waals surface area contributed by atoms with E-state index in [0.717, 1.165) is 5.01 Å². The van der Waals surface area contributed by atoms with Crippen molar-refractivity contribution in [1.82, 2.24) is 9.31 Å². The zero-order valence-electron chi connectivity index (χ0n) is 18.4. The van der Waals surface area contributed by atoms with Crippen molar-refractivity contribution in [2.75, 3.05) is 29.9 Å². The fourth-order valence-electron chi connectivity index (χ4n) is 3.79. The van der Waals surface area contributed by atoms with Crippen LogP contribution in [0, 0.1) is 6.92 Å². The second kappa shape index (κ2) is 9.28. The molecule has 2 aliphatic heterocycles. The lowest BCUT2D eigenvalue weighted by Gasteiger charge is -2.27. The Hall–Kier alpha value is -2.31. The number of sulfone groups is 1. The molecule has 12 heteroatoms. The van der Waals surface area contributed by atoms with Gasteiger partial charge in [-0.15, -0.1) is 0 Å². The summed E-state index contributed by atoms with van der Waals surface area (Å²) in [6, 6.07) is 3.96. The summed E-state index contributed by atoms with van der Waals surface area (Å²) >= 11 is 0. The van der Waals surface area contributed by atoms with E-state index in [1.165, 1.54) is 16.4 Å². The highest BCUT2D eigenvalue weighted by Crippen LogP contribution is 2.25. The maximum Gasteiger partial charge on any atom is 0.271 e. The Morgan fingerprint density at radius 2 is 1.94 bits per heavy atom. The second-order valence-electron chi connectivity index (χ2n) is 7.86. The standard InChI is InChI=1S/C20H28N4O6S2/c1-4-23(5-2)32(29,30)16-7-6-14(3)18(12-16)21-20(26)17-8-9-19(25)24(22-17)15-10-11-31(27,28)13-15/h6-7,12,15H,4-5,8-11,13H2,1-3H3,(H,21,26)/t15-/m0/s1. The van der Waals surface area contributed by atoms with Gasteiger partial charge in [0.15, 0.2) is 9.84 Å². The van der Waals surface area contributed by atoms with Crippen molar-refractivity contribution in [1.29, 1.82) is 0 Å². The molecule has 0 aromatic heterocycles. The monoisotopic (exact) mass is 484 g/mol. The molecule has 2 aliphatic rings. The maximum atomic E-state index is 12.9. The highest BCUT2D eigenvalue weighted by molar-refractivity contribution is 7.91. The minimum atomic E-state index is -3.70. The number of hydrazone groups is 1. The van der Waals surface area contributed by atoms with E-state index in [-0.39, 0.29) is 47.3 Å². The molecule has 2 amide bonds. The number of amides is 2. The van der Waals surface area contributed by atoms with Crippen LogP contribution in [0.4, 0.5) is 5.69 Å². The lowest BCUT2D eigenvalue weighted by molar-refractivity contribution is -0.133. The van der Waals surface area contributed by atoms with Crippen molar-refractivity contribution in [3.63, 3.8) is 0 Å². The molecule has 1 N–H and O–H groups in total. The molecule has 3 rings (SSSR count). The number of nitrogens with zero attached hydrogens (tertiary/aromatic N) is 3. The summed E-state index contributed by atoms with van der Waals surface area (Å²) in [5.74, 6) is -1.04. The minimum Gasteiger partial charge on any atom is -0.321 e. The molecule has 0 bridgehead atoms. The molecule has 32 heavy (non-hydrogen) atoms. The topological polar surface area (TPSA) is 133 Å². The van der Waals surface area contributed by atoms with E-state index >= 15 is 0 Å². The van der Waals surface area contributed by atoms with E-state index in [1.807, 2.05) is 0 Å². The fourth-order valence-corrected chi connectivity index (χ4v) is 6.97. The van der Waals surface area contributed by atoms with Crippen LogP contribution < -0.4 is 5.32 Å². The van der Waals surface area contributed by atoms with E-state index in [9.17, 15) is 26.4 Å². The summed E-state index contributed by atoms with van der Waals surface area (Å²) in [6.07, 6.45) is 0.464. The molecular weight excluding hydrogens is 456 g/mol. The van der Waals surface area contributed by atoms with Crippen LogP contribution in [-0.4, -0.2) is 74.3 Å². The van der Waals surface area contributed by atoms with Crippen molar-refractivity contribution in [2.45, 2.75) is 51.0 Å². The van der Waals surface area contributed by atoms with Crippen LogP contribution in [0.2, 0.25) is 0 Å². The second-order valence-corrected chi connectivity index (χ2v) is 12.0. The number of hydrogen-bond acceptors (Lipinski definition) is 7. The predicted octanol–water partition coefficient (Wildman–Crippen LogP) is 1.13. The van der Waals surface area contributed by atoms with Gasteiger partial charge < -0.3 is 5.32 Å². The van der Waals surface area contributed by atoms with Crippen LogP contribution in [0.25, 0.3) is 0 Å². The molecule has 0 spiro atoms. The zero-order chi connectivity index (χ0) is 23.7. The number of nitrogens with one attached hydrogen (secondary N) is 1. The summed E-state index contributed by atoms with van der Waals surface area (Å²) in [6.45, 7) is 5.90. The highest BCUT2D eigenvalue weighted by Gasteiger charge is 2.37. The van der Waals surface area contributed by atoms with Crippen LogP contribution in [-0.2, 0) is 29.4 Å². The number of sulfonamides is 1. The number of aryl methyl sites for hydroxylation is 1. The zero-order valence-corrected chi connectivity index (χ0v) is 20.0. The summed E-state index contributed by atoms with van der Waals surface area (Å²) in [7, 11) is -6.91. The molecule has 1 saturated heterocycles. The molecule has 1 atom stereocenters. The Morgan fingerprint density at radius 1 is 1.25 bits per heavy atom. The lowest BCUT2D eigenvalue weighted by atomic mass is 10.1. The van der Waals surface area contributed by atoms with Crippen molar-refractivity contribution in [3.8, 4) is 0 Å². The van der Waals surface area contributed by atoms with Gasteiger partial charge in [-0.05, 0) is 31.0 Å². The summed E-state index contributed by atoms with van der Waals surface area (Å²) in [5, 5.41) is 7.98.